The molecule has 166 valence electrons. The number of hydrogen-bond acceptors (Lipinski definition) is 7. The molecule has 0 aliphatic carbocycles. The van der Waals surface area contributed by atoms with Crippen LogP contribution in [0.1, 0.15) is 13.3 Å². The van der Waals surface area contributed by atoms with Crippen molar-refractivity contribution in [3.05, 3.63) is 72.8 Å². The summed E-state index contributed by atoms with van der Waals surface area (Å²) in [7, 11) is 0. The van der Waals surface area contributed by atoms with E-state index in [-0.39, 0.29) is 0 Å². The van der Waals surface area contributed by atoms with Gasteiger partial charge in [0, 0.05) is 29.0 Å². The highest BCUT2D eigenvalue weighted by Crippen LogP contribution is 2.33. The third-order valence-electron chi connectivity index (χ3n) is 5.61. The smallest absolute Gasteiger partial charge is 0.159 e. The maximum absolute atomic E-state index is 4.87. The predicted octanol–water partition coefficient (Wildman–Crippen LogP) is 6.02. The number of aromatic amines is 2. The third-order valence-corrected chi connectivity index (χ3v) is 6.49. The number of allylic oxidation sites excluding steroid dienone is 1. The Bertz CT molecular complexity index is 1640. The Labute approximate surface area is 198 Å². The standard InChI is InChI=1S/C25H20N8S/c1-3-14(2)29-16-9-15(11-26-12-16)19-10-17-20(13-28-19)32-33-22(17)25-30-18-6-7-27-24(23(18)31-25)21-5-4-8-34-21/h4-13,29H,2-3H2,1H3,(H,30,31)(H,32,33). The van der Waals surface area contributed by atoms with Gasteiger partial charge >= 0.3 is 0 Å². The molecule has 6 aromatic rings. The lowest BCUT2D eigenvalue weighted by Crippen LogP contribution is -1.97. The summed E-state index contributed by atoms with van der Waals surface area (Å²) in [6, 6.07) is 10.0. The van der Waals surface area contributed by atoms with Crippen LogP contribution in [-0.4, -0.2) is 35.1 Å². The maximum atomic E-state index is 4.87. The fourth-order valence-electron chi connectivity index (χ4n) is 3.84. The molecule has 0 radical (unpaired) electrons. The van der Waals surface area contributed by atoms with E-state index in [0.717, 1.165) is 67.3 Å². The first-order valence-electron chi connectivity index (χ1n) is 10.8. The van der Waals surface area contributed by atoms with Crippen molar-refractivity contribution in [2.75, 3.05) is 5.32 Å². The maximum Gasteiger partial charge on any atom is 0.159 e. The summed E-state index contributed by atoms with van der Waals surface area (Å²) in [6.45, 7) is 6.06. The summed E-state index contributed by atoms with van der Waals surface area (Å²) in [5.74, 6) is 0.678. The van der Waals surface area contributed by atoms with Crippen LogP contribution in [0.2, 0.25) is 0 Å². The minimum Gasteiger partial charge on any atom is -0.358 e. The number of imidazole rings is 1. The van der Waals surface area contributed by atoms with Crippen LogP contribution in [0.4, 0.5) is 5.69 Å². The van der Waals surface area contributed by atoms with Crippen LogP contribution in [0, 0.1) is 0 Å². The second kappa shape index (κ2) is 8.20. The van der Waals surface area contributed by atoms with Crippen LogP contribution in [0.15, 0.2) is 72.8 Å². The summed E-state index contributed by atoms with van der Waals surface area (Å²) >= 11 is 1.64. The number of H-pyrrole nitrogens is 2. The van der Waals surface area contributed by atoms with Gasteiger partial charge in [0.1, 0.15) is 16.9 Å². The summed E-state index contributed by atoms with van der Waals surface area (Å²) in [4.78, 5) is 22.9. The van der Waals surface area contributed by atoms with Gasteiger partial charge in [-0.3, -0.25) is 20.1 Å². The number of hydrogen-bond donors (Lipinski definition) is 3. The summed E-state index contributed by atoms with van der Waals surface area (Å²) in [5.41, 5.74) is 7.67. The molecule has 0 atom stereocenters. The molecule has 3 N–H and O–H groups in total. The second-order valence-corrected chi connectivity index (χ2v) is 8.80. The van der Waals surface area contributed by atoms with Crippen LogP contribution in [-0.2, 0) is 0 Å². The highest BCUT2D eigenvalue weighted by Gasteiger charge is 2.17. The zero-order chi connectivity index (χ0) is 23.1. The van der Waals surface area contributed by atoms with E-state index < -0.39 is 0 Å². The van der Waals surface area contributed by atoms with Gasteiger partial charge in [0.05, 0.1) is 39.7 Å². The van der Waals surface area contributed by atoms with Crippen molar-refractivity contribution < 1.29 is 0 Å². The van der Waals surface area contributed by atoms with Crippen LogP contribution >= 0.6 is 11.3 Å². The minimum atomic E-state index is 0.678. The number of nitrogens with zero attached hydrogens (tertiary/aromatic N) is 5. The molecule has 0 amide bonds. The van der Waals surface area contributed by atoms with Gasteiger partial charge < -0.3 is 10.3 Å². The van der Waals surface area contributed by atoms with E-state index in [0.29, 0.717) is 5.82 Å². The highest BCUT2D eigenvalue weighted by molar-refractivity contribution is 7.13. The van der Waals surface area contributed by atoms with Crippen molar-refractivity contribution in [2.24, 2.45) is 0 Å². The molecule has 6 aromatic heterocycles. The number of fused-ring (bicyclic) bond motifs is 2. The first-order valence-corrected chi connectivity index (χ1v) is 11.7. The normalized spacial score (nSPS) is 11.3. The van der Waals surface area contributed by atoms with Crippen LogP contribution in [0.3, 0.4) is 0 Å². The van der Waals surface area contributed by atoms with Crippen molar-refractivity contribution >= 4 is 39.0 Å². The molecule has 6 heterocycles. The van der Waals surface area contributed by atoms with E-state index in [1.807, 2.05) is 29.6 Å². The van der Waals surface area contributed by atoms with E-state index in [9.17, 15) is 0 Å². The van der Waals surface area contributed by atoms with E-state index in [1.54, 1.807) is 36.1 Å². The molecular weight excluding hydrogens is 444 g/mol. The second-order valence-electron chi connectivity index (χ2n) is 7.85. The summed E-state index contributed by atoms with van der Waals surface area (Å²) < 4.78 is 0. The average molecular weight is 465 g/mol. The molecular formula is C25H20N8S. The fourth-order valence-corrected chi connectivity index (χ4v) is 4.56. The summed E-state index contributed by atoms with van der Waals surface area (Å²) in [6.07, 6.45) is 8.00. The molecule has 0 saturated carbocycles. The van der Waals surface area contributed by atoms with Crippen molar-refractivity contribution in [2.45, 2.75) is 13.3 Å². The molecule has 0 aliphatic rings. The highest BCUT2D eigenvalue weighted by atomic mass is 32.1. The molecule has 6 rings (SSSR count). The Balaban J connectivity index is 1.43. The molecule has 0 unspecified atom stereocenters. The van der Waals surface area contributed by atoms with Gasteiger partial charge in [0.2, 0.25) is 0 Å². The Morgan fingerprint density at radius 3 is 2.88 bits per heavy atom. The molecule has 8 nitrogen and oxygen atoms in total. The SMILES string of the molecule is C=C(CC)Nc1cncc(-c2cc3c(-c4nc5c(-c6cccs6)nccc5[nH]4)n[nH]c3cn2)c1. The lowest BCUT2D eigenvalue weighted by atomic mass is 10.1. The molecule has 0 saturated heterocycles. The van der Waals surface area contributed by atoms with Gasteiger partial charge in [-0.2, -0.15) is 5.10 Å². The Kier molecular flexibility index (Phi) is 4.88. The first kappa shape index (κ1) is 20.3. The topological polar surface area (TPSA) is 108 Å². The lowest BCUT2D eigenvalue weighted by Gasteiger charge is -2.08. The zero-order valence-electron chi connectivity index (χ0n) is 18.3. The van der Waals surface area contributed by atoms with Gasteiger partial charge in [-0.1, -0.05) is 19.6 Å². The molecule has 34 heavy (non-hydrogen) atoms. The van der Waals surface area contributed by atoms with Gasteiger partial charge in [-0.25, -0.2) is 4.98 Å². The fraction of sp³-hybridized carbons (Fsp3) is 0.0800. The van der Waals surface area contributed by atoms with Crippen LogP contribution < -0.4 is 5.32 Å². The lowest BCUT2D eigenvalue weighted by molar-refractivity contribution is 1.10. The number of anilines is 1. The number of nitrogens with one attached hydrogen (secondary N) is 3. The Morgan fingerprint density at radius 2 is 2.03 bits per heavy atom. The Morgan fingerprint density at radius 1 is 1.09 bits per heavy atom. The number of pyridine rings is 3. The van der Waals surface area contributed by atoms with Crippen molar-refractivity contribution in [3.63, 3.8) is 0 Å². The predicted molar refractivity (Wildman–Crippen MR) is 136 cm³/mol. The monoisotopic (exact) mass is 464 g/mol. The van der Waals surface area contributed by atoms with Gasteiger partial charge in [0.15, 0.2) is 5.82 Å². The Hall–Kier alpha value is -4.37. The molecule has 0 bridgehead atoms. The molecule has 0 spiro atoms. The average Bonchev–Trinajstić information content (AvgIpc) is 3.62. The van der Waals surface area contributed by atoms with E-state index >= 15 is 0 Å². The van der Waals surface area contributed by atoms with E-state index in [1.165, 1.54) is 0 Å². The summed E-state index contributed by atoms with van der Waals surface area (Å²) in [5, 5.41) is 13.9. The van der Waals surface area contributed by atoms with Crippen molar-refractivity contribution in [1.82, 2.24) is 35.1 Å². The third kappa shape index (κ3) is 3.52. The number of aromatic nitrogens is 7. The largest absolute Gasteiger partial charge is 0.358 e. The number of thiophene rings is 1. The first-order chi connectivity index (χ1) is 16.7. The van der Waals surface area contributed by atoms with Crippen LogP contribution in [0.5, 0.6) is 0 Å². The van der Waals surface area contributed by atoms with Crippen LogP contribution in [0.25, 0.3) is 55.3 Å². The van der Waals surface area contributed by atoms with E-state index in [2.05, 4.69) is 55.0 Å². The molecule has 9 heteroatoms. The van der Waals surface area contributed by atoms with Crippen molar-refractivity contribution in [3.8, 4) is 33.3 Å². The molecule has 0 fully saturated rings. The van der Waals surface area contributed by atoms with Gasteiger partial charge in [-0.15, -0.1) is 11.3 Å². The number of rotatable bonds is 6. The minimum absolute atomic E-state index is 0.678. The van der Waals surface area contributed by atoms with Gasteiger partial charge in [-0.05, 0) is 36.1 Å². The molecule has 0 aromatic carbocycles. The van der Waals surface area contributed by atoms with E-state index in [4.69, 9.17) is 4.98 Å². The van der Waals surface area contributed by atoms with Gasteiger partial charge in [0.25, 0.3) is 0 Å². The molecule has 0 aliphatic heterocycles. The quantitative estimate of drug-likeness (QED) is 0.278. The van der Waals surface area contributed by atoms with Crippen molar-refractivity contribution in [1.29, 1.82) is 0 Å². The zero-order valence-corrected chi connectivity index (χ0v) is 19.1.